The number of nitrogens with zero attached hydrogens (tertiary/aromatic N) is 1. The predicted octanol–water partition coefficient (Wildman–Crippen LogP) is 1.86. The van der Waals surface area contributed by atoms with Crippen LogP contribution in [0.1, 0.15) is 20.7 Å². The Kier molecular flexibility index (Phi) is 4.93. The maximum atomic E-state index is 12.4. The zero-order chi connectivity index (χ0) is 18.6. The van der Waals surface area contributed by atoms with Gasteiger partial charge < -0.3 is 24.4 Å². The van der Waals surface area contributed by atoms with Crippen LogP contribution in [0.5, 0.6) is 11.5 Å². The molecular weight excluding hydrogens is 348 g/mol. The van der Waals surface area contributed by atoms with Crippen LogP contribution >= 0.6 is 0 Å². The molecule has 7 heteroatoms. The molecule has 0 aliphatic carbocycles. The minimum Gasteiger partial charge on any atom is -0.454 e. The second-order valence-electron chi connectivity index (χ2n) is 6.32. The number of carbonyl (C=O) groups excluding carboxylic acids is 2. The van der Waals surface area contributed by atoms with E-state index in [1.165, 1.54) is 0 Å². The molecule has 7 nitrogen and oxygen atoms in total. The number of Topliss-reactive ketones (excluding diaryl/α,β-unsaturated/α-hetero) is 1. The number of rotatable bonds is 5. The van der Waals surface area contributed by atoms with E-state index in [4.69, 9.17) is 14.2 Å². The molecule has 1 amide bonds. The number of ether oxygens (including phenoxy) is 3. The number of fused-ring (bicyclic) bond motifs is 1. The van der Waals surface area contributed by atoms with Crippen LogP contribution in [0.3, 0.4) is 0 Å². The summed E-state index contributed by atoms with van der Waals surface area (Å²) < 4.78 is 15.8. The normalized spacial score (nSPS) is 15.5. The molecule has 2 heterocycles. The molecule has 2 aliphatic rings. The number of amides is 1. The van der Waals surface area contributed by atoms with E-state index in [9.17, 15) is 9.59 Å². The van der Waals surface area contributed by atoms with Crippen LogP contribution in [0.2, 0.25) is 0 Å². The Hall–Kier alpha value is -3.06. The highest BCUT2D eigenvalue weighted by atomic mass is 16.7. The highest BCUT2D eigenvalue weighted by molar-refractivity contribution is 6.02. The summed E-state index contributed by atoms with van der Waals surface area (Å²) in [5, 5.41) is 2.65. The number of anilines is 1. The van der Waals surface area contributed by atoms with Crippen molar-refractivity contribution in [2.75, 3.05) is 44.5 Å². The first-order valence-electron chi connectivity index (χ1n) is 8.84. The quantitative estimate of drug-likeness (QED) is 0.812. The van der Waals surface area contributed by atoms with E-state index < -0.39 is 0 Å². The Bertz CT molecular complexity index is 844. The second-order valence-corrected chi connectivity index (χ2v) is 6.32. The third-order valence-electron chi connectivity index (χ3n) is 4.61. The molecule has 1 fully saturated rings. The number of hydrogen-bond acceptors (Lipinski definition) is 6. The van der Waals surface area contributed by atoms with E-state index in [2.05, 4.69) is 10.2 Å². The first-order chi connectivity index (χ1) is 13.2. The molecular formula is C20H20N2O5. The van der Waals surface area contributed by atoms with Crippen molar-refractivity contribution in [3.63, 3.8) is 0 Å². The number of benzene rings is 2. The lowest BCUT2D eigenvalue weighted by Crippen LogP contribution is -2.36. The van der Waals surface area contributed by atoms with Gasteiger partial charge in [0, 0.05) is 29.9 Å². The molecule has 0 radical (unpaired) electrons. The maximum Gasteiger partial charge on any atom is 0.251 e. The van der Waals surface area contributed by atoms with E-state index >= 15 is 0 Å². The minimum atomic E-state index is -0.327. The van der Waals surface area contributed by atoms with E-state index in [-0.39, 0.29) is 25.0 Å². The van der Waals surface area contributed by atoms with Gasteiger partial charge in [-0.05, 0) is 42.5 Å². The Balaban J connectivity index is 1.34. The summed E-state index contributed by atoms with van der Waals surface area (Å²) >= 11 is 0. The van der Waals surface area contributed by atoms with Crippen LogP contribution in [0.15, 0.2) is 42.5 Å². The standard InChI is InChI=1S/C20H20N2O5/c23-17(14-1-4-16(5-2-14)22-7-9-25-10-8-22)12-21-20(24)15-3-6-18-19(11-15)27-13-26-18/h1-6,11H,7-10,12-13H2,(H,21,24). The molecule has 0 aromatic heterocycles. The zero-order valence-corrected chi connectivity index (χ0v) is 14.8. The van der Waals surface area contributed by atoms with Crippen molar-refractivity contribution in [3.05, 3.63) is 53.6 Å². The highest BCUT2D eigenvalue weighted by Crippen LogP contribution is 2.32. The van der Waals surface area contributed by atoms with Gasteiger partial charge in [0.25, 0.3) is 5.91 Å². The Morgan fingerprint density at radius 2 is 1.63 bits per heavy atom. The van der Waals surface area contributed by atoms with Crippen molar-refractivity contribution in [2.45, 2.75) is 0 Å². The number of carbonyl (C=O) groups is 2. The van der Waals surface area contributed by atoms with Crippen LogP contribution in [0, 0.1) is 0 Å². The van der Waals surface area contributed by atoms with Gasteiger partial charge in [-0.2, -0.15) is 0 Å². The zero-order valence-electron chi connectivity index (χ0n) is 14.8. The van der Waals surface area contributed by atoms with Crippen molar-refractivity contribution in [3.8, 4) is 11.5 Å². The predicted molar refractivity (Wildman–Crippen MR) is 98.7 cm³/mol. The van der Waals surface area contributed by atoms with Crippen molar-refractivity contribution < 1.29 is 23.8 Å². The molecule has 0 bridgehead atoms. The largest absolute Gasteiger partial charge is 0.454 e. The van der Waals surface area contributed by atoms with E-state index in [1.54, 1.807) is 30.3 Å². The molecule has 1 N–H and O–H groups in total. The van der Waals surface area contributed by atoms with Gasteiger partial charge in [0.2, 0.25) is 6.79 Å². The molecule has 0 spiro atoms. The van der Waals surface area contributed by atoms with Gasteiger partial charge in [-0.15, -0.1) is 0 Å². The molecule has 2 aromatic rings. The smallest absolute Gasteiger partial charge is 0.251 e. The van der Waals surface area contributed by atoms with Crippen molar-refractivity contribution >= 4 is 17.4 Å². The van der Waals surface area contributed by atoms with Crippen molar-refractivity contribution in [2.24, 2.45) is 0 Å². The summed E-state index contributed by atoms with van der Waals surface area (Å²) in [4.78, 5) is 26.8. The molecule has 4 rings (SSSR count). The monoisotopic (exact) mass is 368 g/mol. The summed E-state index contributed by atoms with van der Waals surface area (Å²) in [6.45, 7) is 3.21. The van der Waals surface area contributed by atoms with Crippen molar-refractivity contribution in [1.82, 2.24) is 5.32 Å². The molecule has 0 saturated carbocycles. The van der Waals surface area contributed by atoms with Gasteiger partial charge in [-0.1, -0.05) is 0 Å². The molecule has 140 valence electrons. The summed E-state index contributed by atoms with van der Waals surface area (Å²) in [6.07, 6.45) is 0. The summed E-state index contributed by atoms with van der Waals surface area (Å²) in [5.41, 5.74) is 2.06. The maximum absolute atomic E-state index is 12.4. The van der Waals surface area contributed by atoms with Gasteiger partial charge in [0.1, 0.15) is 0 Å². The highest BCUT2D eigenvalue weighted by Gasteiger charge is 2.17. The van der Waals surface area contributed by atoms with Gasteiger partial charge in [0.15, 0.2) is 17.3 Å². The van der Waals surface area contributed by atoms with Crippen LogP contribution < -0.4 is 19.7 Å². The lowest BCUT2D eigenvalue weighted by atomic mass is 10.1. The van der Waals surface area contributed by atoms with Crippen LogP contribution in [0.4, 0.5) is 5.69 Å². The van der Waals surface area contributed by atoms with Crippen LogP contribution in [-0.2, 0) is 4.74 Å². The molecule has 0 unspecified atom stereocenters. The summed E-state index contributed by atoms with van der Waals surface area (Å²) in [5.74, 6) is 0.680. The number of morpholine rings is 1. The summed E-state index contributed by atoms with van der Waals surface area (Å²) in [6, 6.07) is 12.4. The topological polar surface area (TPSA) is 77.1 Å². The number of hydrogen-bond donors (Lipinski definition) is 1. The SMILES string of the molecule is O=C(CNC(=O)c1ccc2c(c1)OCO2)c1ccc(N2CCOCC2)cc1. The van der Waals surface area contributed by atoms with Crippen LogP contribution in [-0.4, -0.2) is 51.3 Å². The van der Waals surface area contributed by atoms with Gasteiger partial charge in [-0.3, -0.25) is 9.59 Å². The first-order valence-corrected chi connectivity index (χ1v) is 8.84. The number of ketones is 1. The average molecular weight is 368 g/mol. The Labute approximate surface area is 156 Å². The Morgan fingerprint density at radius 3 is 2.41 bits per heavy atom. The molecule has 27 heavy (non-hydrogen) atoms. The fourth-order valence-corrected chi connectivity index (χ4v) is 3.08. The number of nitrogens with one attached hydrogen (secondary N) is 1. The van der Waals surface area contributed by atoms with Gasteiger partial charge >= 0.3 is 0 Å². The fourth-order valence-electron chi connectivity index (χ4n) is 3.08. The van der Waals surface area contributed by atoms with E-state index in [0.29, 0.717) is 35.8 Å². The fraction of sp³-hybridized carbons (Fsp3) is 0.300. The third kappa shape index (κ3) is 3.88. The van der Waals surface area contributed by atoms with Crippen LogP contribution in [0.25, 0.3) is 0 Å². The Morgan fingerprint density at radius 1 is 0.926 bits per heavy atom. The van der Waals surface area contributed by atoms with Gasteiger partial charge in [0.05, 0.1) is 19.8 Å². The third-order valence-corrected chi connectivity index (χ3v) is 4.61. The van der Waals surface area contributed by atoms with Gasteiger partial charge in [-0.25, -0.2) is 0 Å². The molecule has 2 aliphatic heterocycles. The van der Waals surface area contributed by atoms with E-state index in [1.807, 2.05) is 12.1 Å². The lowest BCUT2D eigenvalue weighted by Gasteiger charge is -2.28. The summed E-state index contributed by atoms with van der Waals surface area (Å²) in [7, 11) is 0. The second kappa shape index (κ2) is 7.67. The molecule has 0 atom stereocenters. The lowest BCUT2D eigenvalue weighted by molar-refractivity contribution is 0.0904. The minimum absolute atomic E-state index is 0.0653. The first kappa shape index (κ1) is 17.4. The van der Waals surface area contributed by atoms with E-state index in [0.717, 1.165) is 18.8 Å². The molecule has 2 aromatic carbocycles. The molecule has 1 saturated heterocycles. The average Bonchev–Trinajstić information content (AvgIpc) is 3.20. The van der Waals surface area contributed by atoms with Crippen molar-refractivity contribution in [1.29, 1.82) is 0 Å².